The van der Waals surface area contributed by atoms with E-state index in [9.17, 15) is 4.79 Å². The van der Waals surface area contributed by atoms with Gasteiger partial charge in [0.1, 0.15) is 5.84 Å². The first-order valence-electron chi connectivity index (χ1n) is 5.44. The van der Waals surface area contributed by atoms with Crippen LogP contribution in [0.3, 0.4) is 0 Å². The lowest BCUT2D eigenvalue weighted by Gasteiger charge is -2.13. The second-order valence-electron chi connectivity index (χ2n) is 3.62. The van der Waals surface area contributed by atoms with Gasteiger partial charge in [-0.05, 0) is 12.1 Å². The molecule has 1 aromatic rings. The summed E-state index contributed by atoms with van der Waals surface area (Å²) in [5.41, 5.74) is 5.51. The van der Waals surface area contributed by atoms with E-state index in [1.54, 1.807) is 0 Å². The lowest BCUT2D eigenvalue weighted by Crippen LogP contribution is -2.32. The minimum Gasteiger partial charge on any atom is -0.493 e. The highest BCUT2D eigenvalue weighted by atomic mass is 16.5. The molecule has 0 fully saturated rings. The summed E-state index contributed by atoms with van der Waals surface area (Å²) in [4.78, 5) is 11.9. The Bertz CT molecular complexity index is 463. The van der Waals surface area contributed by atoms with E-state index in [2.05, 4.69) is 5.32 Å². The van der Waals surface area contributed by atoms with Crippen LogP contribution in [0.15, 0.2) is 12.1 Å². The van der Waals surface area contributed by atoms with Crippen LogP contribution in [0.2, 0.25) is 0 Å². The van der Waals surface area contributed by atoms with Crippen LogP contribution in [0.1, 0.15) is 10.4 Å². The molecule has 0 unspecified atom stereocenters. The fourth-order valence-corrected chi connectivity index (χ4v) is 1.49. The molecule has 104 valence electrons. The Kier molecular flexibility index (Phi) is 4.99. The predicted molar refractivity (Wildman–Crippen MR) is 70.3 cm³/mol. The molecule has 0 aliphatic rings. The van der Waals surface area contributed by atoms with E-state index in [1.807, 2.05) is 0 Å². The Balaban J connectivity index is 3.08. The number of nitrogens with one attached hydrogen (secondary N) is 2. The minimum absolute atomic E-state index is 0.0184. The third-order valence-corrected chi connectivity index (χ3v) is 2.37. The molecule has 0 atom stereocenters. The topological polar surface area (TPSA) is 107 Å². The number of amidine groups is 1. The van der Waals surface area contributed by atoms with Gasteiger partial charge >= 0.3 is 0 Å². The molecule has 0 saturated carbocycles. The molecule has 0 radical (unpaired) electrons. The smallest absolute Gasteiger partial charge is 0.251 e. The van der Waals surface area contributed by atoms with Crippen LogP contribution in [-0.4, -0.2) is 39.6 Å². The van der Waals surface area contributed by atoms with E-state index >= 15 is 0 Å². The summed E-state index contributed by atoms with van der Waals surface area (Å²) in [5, 5.41) is 9.56. The zero-order chi connectivity index (χ0) is 14.4. The quantitative estimate of drug-likeness (QED) is 0.510. The molecule has 4 N–H and O–H groups in total. The van der Waals surface area contributed by atoms with Gasteiger partial charge in [0.15, 0.2) is 11.5 Å². The SMILES string of the molecule is COc1cc(C(=O)NCC(=N)N)cc(OC)c1OC. The number of ether oxygens (including phenoxy) is 3. The third kappa shape index (κ3) is 3.51. The van der Waals surface area contributed by atoms with E-state index in [1.165, 1.54) is 33.5 Å². The predicted octanol–water partition coefficient (Wildman–Crippen LogP) is 0.378. The maximum absolute atomic E-state index is 11.9. The van der Waals surface area contributed by atoms with E-state index in [-0.39, 0.29) is 18.3 Å². The Morgan fingerprint density at radius 1 is 1.21 bits per heavy atom. The van der Waals surface area contributed by atoms with Gasteiger partial charge in [-0.1, -0.05) is 0 Å². The molecule has 1 rings (SSSR count). The largest absolute Gasteiger partial charge is 0.493 e. The molecule has 0 saturated heterocycles. The van der Waals surface area contributed by atoms with Crippen molar-refractivity contribution < 1.29 is 19.0 Å². The molecule has 1 aromatic carbocycles. The van der Waals surface area contributed by atoms with Crippen molar-refractivity contribution in [3.8, 4) is 17.2 Å². The molecule has 0 heterocycles. The maximum atomic E-state index is 11.9. The van der Waals surface area contributed by atoms with Gasteiger partial charge in [0.25, 0.3) is 5.91 Å². The average Bonchev–Trinajstić information content (AvgIpc) is 2.42. The van der Waals surface area contributed by atoms with Crippen molar-refractivity contribution >= 4 is 11.7 Å². The van der Waals surface area contributed by atoms with Crippen LogP contribution < -0.4 is 25.3 Å². The van der Waals surface area contributed by atoms with Crippen LogP contribution >= 0.6 is 0 Å². The number of hydrogen-bond donors (Lipinski definition) is 3. The first-order valence-corrected chi connectivity index (χ1v) is 5.44. The summed E-state index contributed by atoms with van der Waals surface area (Å²) in [6.07, 6.45) is 0. The molecule has 0 aliphatic heterocycles. The zero-order valence-corrected chi connectivity index (χ0v) is 11.1. The van der Waals surface area contributed by atoms with Crippen LogP contribution in [0.4, 0.5) is 0 Å². The maximum Gasteiger partial charge on any atom is 0.251 e. The summed E-state index contributed by atoms with van der Waals surface area (Å²) in [6, 6.07) is 3.05. The highest BCUT2D eigenvalue weighted by molar-refractivity contribution is 5.97. The number of methoxy groups -OCH3 is 3. The zero-order valence-electron chi connectivity index (χ0n) is 11.1. The van der Waals surface area contributed by atoms with E-state index in [4.69, 9.17) is 25.4 Å². The van der Waals surface area contributed by atoms with Crippen molar-refractivity contribution in [2.45, 2.75) is 0 Å². The number of hydrogen-bond acceptors (Lipinski definition) is 5. The lowest BCUT2D eigenvalue weighted by molar-refractivity contribution is 0.0958. The summed E-state index contributed by atoms with van der Waals surface area (Å²) >= 11 is 0. The van der Waals surface area contributed by atoms with Crippen LogP contribution in [0, 0.1) is 5.41 Å². The molecular formula is C12H17N3O4. The number of carbonyl (C=O) groups is 1. The normalized spacial score (nSPS) is 9.63. The molecule has 0 aromatic heterocycles. The molecule has 7 heteroatoms. The third-order valence-electron chi connectivity index (χ3n) is 2.37. The lowest BCUT2D eigenvalue weighted by atomic mass is 10.1. The molecule has 0 spiro atoms. The second kappa shape index (κ2) is 6.48. The Morgan fingerprint density at radius 3 is 2.11 bits per heavy atom. The molecule has 7 nitrogen and oxygen atoms in total. The van der Waals surface area contributed by atoms with Gasteiger partial charge in [0, 0.05) is 5.56 Å². The molecule has 1 amide bonds. The van der Waals surface area contributed by atoms with E-state index in [0.717, 1.165) is 0 Å². The van der Waals surface area contributed by atoms with Gasteiger partial charge in [-0.3, -0.25) is 10.2 Å². The molecule has 19 heavy (non-hydrogen) atoms. The number of amides is 1. The van der Waals surface area contributed by atoms with Gasteiger partial charge in [-0.2, -0.15) is 0 Å². The summed E-state index contributed by atoms with van der Waals surface area (Å²) in [5.74, 6) is 0.674. The summed E-state index contributed by atoms with van der Waals surface area (Å²) < 4.78 is 15.4. The van der Waals surface area contributed by atoms with Crippen LogP contribution in [-0.2, 0) is 0 Å². The van der Waals surface area contributed by atoms with Gasteiger partial charge in [-0.15, -0.1) is 0 Å². The van der Waals surface area contributed by atoms with E-state index in [0.29, 0.717) is 22.8 Å². The van der Waals surface area contributed by atoms with Gasteiger partial charge in [-0.25, -0.2) is 0 Å². The monoisotopic (exact) mass is 267 g/mol. The average molecular weight is 267 g/mol. The van der Waals surface area contributed by atoms with Crippen LogP contribution in [0.5, 0.6) is 17.2 Å². The van der Waals surface area contributed by atoms with Gasteiger partial charge in [0.05, 0.1) is 27.9 Å². The fraction of sp³-hybridized carbons (Fsp3) is 0.333. The summed E-state index contributed by atoms with van der Waals surface area (Å²) in [7, 11) is 4.42. The first-order chi connectivity index (χ1) is 9.03. The van der Waals surface area contributed by atoms with Crippen molar-refractivity contribution in [3.63, 3.8) is 0 Å². The highest BCUT2D eigenvalue weighted by Gasteiger charge is 2.16. The summed E-state index contributed by atoms with van der Waals surface area (Å²) in [6.45, 7) is -0.0184. The van der Waals surface area contributed by atoms with Gasteiger partial charge < -0.3 is 25.3 Å². The number of benzene rings is 1. The second-order valence-corrected chi connectivity index (χ2v) is 3.62. The van der Waals surface area contributed by atoms with Crippen molar-refractivity contribution in [2.24, 2.45) is 5.73 Å². The fourth-order valence-electron chi connectivity index (χ4n) is 1.49. The van der Waals surface area contributed by atoms with Crippen molar-refractivity contribution in [1.82, 2.24) is 5.32 Å². The van der Waals surface area contributed by atoms with Gasteiger partial charge in [0.2, 0.25) is 5.75 Å². The van der Waals surface area contributed by atoms with Crippen molar-refractivity contribution in [3.05, 3.63) is 17.7 Å². The van der Waals surface area contributed by atoms with Crippen LogP contribution in [0.25, 0.3) is 0 Å². The number of rotatable bonds is 6. The Morgan fingerprint density at radius 2 is 1.74 bits per heavy atom. The Hall–Kier alpha value is -2.44. The Labute approximate surface area is 111 Å². The van der Waals surface area contributed by atoms with Crippen molar-refractivity contribution in [2.75, 3.05) is 27.9 Å². The number of carbonyl (C=O) groups excluding carboxylic acids is 1. The molecular weight excluding hydrogens is 250 g/mol. The molecule has 0 bridgehead atoms. The first kappa shape index (κ1) is 14.6. The molecule has 0 aliphatic carbocycles. The number of nitrogens with two attached hydrogens (primary N) is 1. The highest BCUT2D eigenvalue weighted by Crippen LogP contribution is 2.38. The minimum atomic E-state index is -0.380. The van der Waals surface area contributed by atoms with Crippen molar-refractivity contribution in [1.29, 1.82) is 5.41 Å². The van der Waals surface area contributed by atoms with E-state index < -0.39 is 0 Å². The standard InChI is InChI=1S/C12H17N3O4/c1-17-8-4-7(12(16)15-6-10(13)14)5-9(18-2)11(8)19-3/h4-5H,6H2,1-3H3,(H3,13,14)(H,15,16).